The highest BCUT2D eigenvalue weighted by Crippen LogP contribution is 2.33. The Labute approximate surface area is 101 Å². The van der Waals surface area contributed by atoms with Crippen LogP contribution in [0.15, 0.2) is 24.4 Å². The highest BCUT2D eigenvalue weighted by Gasteiger charge is 2.28. The zero-order valence-electron chi connectivity index (χ0n) is 10.2. The maximum Gasteiger partial charge on any atom is 0.0457 e. The Hall–Kier alpha value is -1.32. The average molecular weight is 229 g/mol. The van der Waals surface area contributed by atoms with Crippen LogP contribution in [0.3, 0.4) is 0 Å². The number of aromatic nitrogens is 1. The lowest BCUT2D eigenvalue weighted by Gasteiger charge is -2.17. The maximum absolute atomic E-state index is 5.85. The fourth-order valence-corrected chi connectivity index (χ4v) is 2.89. The van der Waals surface area contributed by atoms with Crippen molar-refractivity contribution in [3.63, 3.8) is 0 Å². The maximum atomic E-state index is 5.85. The van der Waals surface area contributed by atoms with Gasteiger partial charge in [0.2, 0.25) is 0 Å². The lowest BCUT2D eigenvalue weighted by atomic mass is 9.94. The Bertz CT molecular complexity index is 529. The smallest absolute Gasteiger partial charge is 0.0457 e. The van der Waals surface area contributed by atoms with Crippen molar-refractivity contribution in [2.24, 2.45) is 11.7 Å². The van der Waals surface area contributed by atoms with Crippen LogP contribution in [0.1, 0.15) is 23.6 Å². The van der Waals surface area contributed by atoms with E-state index in [9.17, 15) is 0 Å². The van der Waals surface area contributed by atoms with Crippen LogP contribution in [0.5, 0.6) is 0 Å². The molecule has 1 aromatic carbocycles. The molecule has 1 fully saturated rings. The van der Waals surface area contributed by atoms with E-state index in [1.54, 1.807) is 0 Å². The van der Waals surface area contributed by atoms with E-state index >= 15 is 0 Å². The molecule has 3 heteroatoms. The average Bonchev–Trinajstić information content (AvgIpc) is 2.93. The molecule has 2 atom stereocenters. The Morgan fingerprint density at radius 3 is 3.12 bits per heavy atom. The zero-order valence-corrected chi connectivity index (χ0v) is 10.2. The van der Waals surface area contributed by atoms with Crippen LogP contribution in [0.2, 0.25) is 0 Å². The van der Waals surface area contributed by atoms with E-state index in [2.05, 4.69) is 41.6 Å². The summed E-state index contributed by atoms with van der Waals surface area (Å²) in [5.74, 6) is 0.564. The van der Waals surface area contributed by atoms with Gasteiger partial charge in [0.05, 0.1) is 0 Å². The predicted octanol–water partition coefficient (Wildman–Crippen LogP) is 2.09. The molecular formula is C14H19N3. The first-order valence-corrected chi connectivity index (χ1v) is 6.30. The minimum Gasteiger partial charge on any atom is -0.361 e. The van der Waals surface area contributed by atoms with Gasteiger partial charge in [0, 0.05) is 23.1 Å². The fourth-order valence-electron chi connectivity index (χ4n) is 2.89. The molecule has 1 aliphatic heterocycles. The molecule has 2 heterocycles. The van der Waals surface area contributed by atoms with E-state index < -0.39 is 0 Å². The molecule has 0 saturated carbocycles. The summed E-state index contributed by atoms with van der Waals surface area (Å²) >= 11 is 0. The molecule has 0 aliphatic carbocycles. The second-order valence-electron chi connectivity index (χ2n) is 5.01. The molecule has 0 spiro atoms. The Morgan fingerprint density at radius 2 is 2.29 bits per heavy atom. The van der Waals surface area contributed by atoms with Gasteiger partial charge >= 0.3 is 0 Å². The van der Waals surface area contributed by atoms with Crippen molar-refractivity contribution in [3.05, 3.63) is 35.5 Å². The number of nitrogens with one attached hydrogen (secondary N) is 2. The van der Waals surface area contributed by atoms with E-state index in [-0.39, 0.29) is 0 Å². The van der Waals surface area contributed by atoms with Crippen molar-refractivity contribution < 1.29 is 0 Å². The zero-order chi connectivity index (χ0) is 11.8. The first kappa shape index (κ1) is 10.8. The first-order valence-electron chi connectivity index (χ1n) is 6.30. The summed E-state index contributed by atoms with van der Waals surface area (Å²) in [5, 5.41) is 4.91. The van der Waals surface area contributed by atoms with Crippen LogP contribution in [0.25, 0.3) is 10.9 Å². The summed E-state index contributed by atoms with van der Waals surface area (Å²) < 4.78 is 0. The number of nitrogens with two attached hydrogens (primary N) is 1. The van der Waals surface area contributed by atoms with Crippen molar-refractivity contribution in [2.75, 3.05) is 13.1 Å². The van der Waals surface area contributed by atoms with Gasteiger partial charge in [-0.2, -0.15) is 0 Å². The minimum absolute atomic E-state index is 0.413. The number of aryl methyl sites for hydroxylation is 1. The Morgan fingerprint density at radius 1 is 1.41 bits per heavy atom. The number of benzene rings is 1. The van der Waals surface area contributed by atoms with Gasteiger partial charge in [0.25, 0.3) is 0 Å². The molecule has 1 aliphatic rings. The lowest BCUT2D eigenvalue weighted by Crippen LogP contribution is -2.22. The van der Waals surface area contributed by atoms with E-state index in [1.807, 2.05) is 0 Å². The number of aromatic amines is 1. The number of hydrogen-bond acceptors (Lipinski definition) is 2. The summed E-state index contributed by atoms with van der Waals surface area (Å²) in [6.07, 6.45) is 3.31. The molecule has 3 rings (SSSR count). The number of rotatable bonds is 2. The molecule has 3 nitrogen and oxygen atoms in total. The van der Waals surface area contributed by atoms with Crippen molar-refractivity contribution in [1.29, 1.82) is 0 Å². The van der Waals surface area contributed by atoms with Gasteiger partial charge in [0.1, 0.15) is 0 Å². The summed E-state index contributed by atoms with van der Waals surface area (Å²) in [7, 11) is 0. The summed E-state index contributed by atoms with van der Waals surface area (Å²) in [5.41, 5.74) is 9.75. The largest absolute Gasteiger partial charge is 0.361 e. The van der Waals surface area contributed by atoms with Crippen LogP contribution < -0.4 is 11.1 Å². The minimum atomic E-state index is 0.413. The molecule has 0 bridgehead atoms. The van der Waals surface area contributed by atoms with Crippen molar-refractivity contribution in [3.8, 4) is 0 Å². The number of hydrogen-bond donors (Lipinski definition) is 3. The highest BCUT2D eigenvalue weighted by atomic mass is 15.0. The van der Waals surface area contributed by atoms with Crippen molar-refractivity contribution in [2.45, 2.75) is 19.4 Å². The molecule has 90 valence electrons. The predicted molar refractivity (Wildman–Crippen MR) is 70.9 cm³/mol. The molecule has 17 heavy (non-hydrogen) atoms. The van der Waals surface area contributed by atoms with Crippen molar-refractivity contribution >= 4 is 10.9 Å². The van der Waals surface area contributed by atoms with Crippen LogP contribution in [-0.4, -0.2) is 18.1 Å². The van der Waals surface area contributed by atoms with Gasteiger partial charge in [-0.3, -0.25) is 0 Å². The van der Waals surface area contributed by atoms with Crippen LogP contribution in [0.4, 0.5) is 0 Å². The molecule has 2 unspecified atom stereocenters. The molecule has 1 aromatic heterocycles. The quantitative estimate of drug-likeness (QED) is 0.738. The lowest BCUT2D eigenvalue weighted by molar-refractivity contribution is 0.475. The van der Waals surface area contributed by atoms with Gasteiger partial charge in [0.15, 0.2) is 0 Å². The summed E-state index contributed by atoms with van der Waals surface area (Å²) in [6.45, 7) is 3.97. The van der Waals surface area contributed by atoms with E-state index in [4.69, 9.17) is 5.73 Å². The normalized spacial score (nSPS) is 24.6. The van der Waals surface area contributed by atoms with Gasteiger partial charge in [-0.25, -0.2) is 0 Å². The van der Waals surface area contributed by atoms with Gasteiger partial charge < -0.3 is 16.0 Å². The van der Waals surface area contributed by atoms with Gasteiger partial charge in [-0.15, -0.1) is 0 Å². The third-order valence-corrected chi connectivity index (χ3v) is 3.86. The van der Waals surface area contributed by atoms with Gasteiger partial charge in [-0.1, -0.05) is 11.6 Å². The van der Waals surface area contributed by atoms with Crippen LogP contribution in [0, 0.1) is 12.8 Å². The fraction of sp³-hybridized carbons (Fsp3) is 0.429. The molecule has 1 saturated heterocycles. The molecule has 0 amide bonds. The number of H-pyrrole nitrogens is 1. The number of fused-ring (bicyclic) bond motifs is 1. The second-order valence-corrected chi connectivity index (χ2v) is 5.01. The molecule has 2 aromatic rings. The van der Waals surface area contributed by atoms with E-state index in [0.717, 1.165) is 13.1 Å². The Kier molecular flexibility index (Phi) is 2.65. The molecule has 4 N–H and O–H groups in total. The van der Waals surface area contributed by atoms with Gasteiger partial charge in [-0.05, 0) is 50.0 Å². The Balaban J connectivity index is 2.07. The summed E-state index contributed by atoms with van der Waals surface area (Å²) in [6, 6.07) is 6.97. The van der Waals surface area contributed by atoms with Crippen molar-refractivity contribution in [1.82, 2.24) is 10.3 Å². The first-order chi connectivity index (χ1) is 8.29. The molecule has 0 radical (unpaired) electrons. The monoisotopic (exact) mass is 229 g/mol. The van der Waals surface area contributed by atoms with E-state index in [1.165, 1.54) is 28.5 Å². The second kappa shape index (κ2) is 4.17. The van der Waals surface area contributed by atoms with Crippen LogP contribution in [-0.2, 0) is 0 Å². The highest BCUT2D eigenvalue weighted by molar-refractivity contribution is 5.84. The van der Waals surface area contributed by atoms with E-state index in [0.29, 0.717) is 12.0 Å². The third kappa shape index (κ3) is 1.75. The molecular weight excluding hydrogens is 210 g/mol. The summed E-state index contributed by atoms with van der Waals surface area (Å²) in [4.78, 5) is 3.36. The SMILES string of the molecule is Cc1ccc2[nH]cc(C3NCCC3CN)c2c1. The van der Waals surface area contributed by atoms with Crippen LogP contribution >= 0.6 is 0 Å². The third-order valence-electron chi connectivity index (χ3n) is 3.86. The standard InChI is InChI=1S/C14H19N3/c1-9-2-3-13-11(6-9)12(8-17-13)14-10(7-15)4-5-16-14/h2-3,6,8,10,14,16-17H,4-5,7,15H2,1H3. The topological polar surface area (TPSA) is 53.8 Å².